The first-order valence-electron chi connectivity index (χ1n) is 9.89. The maximum Gasteiger partial charge on any atom is 0.210 e. The van der Waals surface area contributed by atoms with E-state index < -0.39 is 0 Å². The minimum absolute atomic E-state index is 0.0330. The molecule has 156 valence electrons. The quantitative estimate of drug-likeness (QED) is 0.560. The minimum atomic E-state index is -0.333. The first-order chi connectivity index (χ1) is 14.3. The zero-order chi connectivity index (χ0) is 21.7. The van der Waals surface area contributed by atoms with Crippen molar-refractivity contribution in [2.45, 2.75) is 39.3 Å². The van der Waals surface area contributed by atoms with E-state index in [0.717, 1.165) is 28.5 Å². The summed E-state index contributed by atoms with van der Waals surface area (Å²) in [5, 5.41) is 33.3. The number of phenolic OH excluding ortho intramolecular Hbond substituents is 3. The van der Waals surface area contributed by atoms with E-state index in [1.165, 1.54) is 6.07 Å². The molecule has 3 aromatic rings. The SMILES string of the molecule is COc1cc(C)cc2c(-c3c(O)cc(O)c4c3CC(C)N(C=O)C4C)ccc(O)c12. The van der Waals surface area contributed by atoms with Gasteiger partial charge in [0.05, 0.1) is 18.5 Å². The van der Waals surface area contributed by atoms with Crippen molar-refractivity contribution in [3.05, 3.63) is 47.0 Å². The van der Waals surface area contributed by atoms with Gasteiger partial charge in [0.1, 0.15) is 23.0 Å². The van der Waals surface area contributed by atoms with Gasteiger partial charge in [0.2, 0.25) is 6.41 Å². The number of methoxy groups -OCH3 is 1. The van der Waals surface area contributed by atoms with Crippen molar-refractivity contribution in [1.29, 1.82) is 0 Å². The highest BCUT2D eigenvalue weighted by molar-refractivity contribution is 6.05. The Kier molecular flexibility index (Phi) is 4.73. The summed E-state index contributed by atoms with van der Waals surface area (Å²) in [4.78, 5) is 13.3. The predicted octanol–water partition coefficient (Wildman–Crippen LogP) is 4.40. The molecule has 1 heterocycles. The summed E-state index contributed by atoms with van der Waals surface area (Å²) >= 11 is 0. The van der Waals surface area contributed by atoms with Gasteiger partial charge in [-0.25, -0.2) is 0 Å². The Morgan fingerprint density at radius 3 is 2.47 bits per heavy atom. The third kappa shape index (κ3) is 2.83. The minimum Gasteiger partial charge on any atom is -0.507 e. The number of amides is 1. The summed E-state index contributed by atoms with van der Waals surface area (Å²) in [7, 11) is 1.55. The molecule has 0 aromatic heterocycles. The second-order valence-corrected chi connectivity index (χ2v) is 7.99. The fraction of sp³-hybridized carbons (Fsp3) is 0.292. The fourth-order valence-electron chi connectivity index (χ4n) is 4.77. The molecule has 3 N–H and O–H groups in total. The molecule has 6 nitrogen and oxygen atoms in total. The van der Waals surface area contributed by atoms with E-state index in [2.05, 4.69) is 0 Å². The molecule has 0 saturated carbocycles. The van der Waals surface area contributed by atoms with Crippen LogP contribution in [0.1, 0.15) is 36.6 Å². The van der Waals surface area contributed by atoms with E-state index in [-0.39, 0.29) is 29.3 Å². The molecule has 0 bridgehead atoms. The molecule has 0 saturated heterocycles. The molecule has 1 aliphatic rings. The molecule has 0 spiro atoms. The summed E-state index contributed by atoms with van der Waals surface area (Å²) in [6.45, 7) is 5.75. The topological polar surface area (TPSA) is 90.2 Å². The van der Waals surface area contributed by atoms with Crippen molar-refractivity contribution in [3.8, 4) is 34.1 Å². The normalized spacial score (nSPS) is 18.3. The molecule has 3 aromatic carbocycles. The number of ether oxygens (including phenoxy) is 1. The van der Waals surface area contributed by atoms with Crippen molar-refractivity contribution in [2.24, 2.45) is 0 Å². The Labute approximate surface area is 175 Å². The third-order valence-corrected chi connectivity index (χ3v) is 6.12. The number of fused-ring (bicyclic) bond motifs is 2. The average molecular weight is 407 g/mol. The Morgan fingerprint density at radius 2 is 1.80 bits per heavy atom. The molecular weight excluding hydrogens is 382 g/mol. The van der Waals surface area contributed by atoms with E-state index in [1.807, 2.05) is 32.9 Å². The summed E-state index contributed by atoms with van der Waals surface area (Å²) in [5.74, 6) is 0.559. The second kappa shape index (κ2) is 7.13. The highest BCUT2D eigenvalue weighted by Crippen LogP contribution is 2.49. The number of benzene rings is 3. The molecule has 1 amide bonds. The highest BCUT2D eigenvalue weighted by Gasteiger charge is 2.34. The number of hydrogen-bond acceptors (Lipinski definition) is 5. The predicted molar refractivity (Wildman–Crippen MR) is 115 cm³/mol. The van der Waals surface area contributed by atoms with Gasteiger partial charge in [-0.1, -0.05) is 6.07 Å². The zero-order valence-electron chi connectivity index (χ0n) is 17.4. The number of carbonyl (C=O) groups is 1. The number of nitrogens with zero attached hydrogens (tertiary/aromatic N) is 1. The van der Waals surface area contributed by atoms with Gasteiger partial charge in [0, 0.05) is 23.2 Å². The molecule has 4 rings (SSSR count). The zero-order valence-corrected chi connectivity index (χ0v) is 17.4. The lowest BCUT2D eigenvalue weighted by Crippen LogP contribution is -2.40. The number of carbonyl (C=O) groups excluding carboxylic acids is 1. The molecule has 30 heavy (non-hydrogen) atoms. The van der Waals surface area contributed by atoms with Gasteiger partial charge in [-0.3, -0.25) is 4.79 Å². The van der Waals surface area contributed by atoms with Crippen LogP contribution in [0.3, 0.4) is 0 Å². The number of hydrogen-bond donors (Lipinski definition) is 3. The highest BCUT2D eigenvalue weighted by atomic mass is 16.5. The first kappa shape index (κ1) is 19.9. The van der Waals surface area contributed by atoms with Gasteiger partial charge in [-0.05, 0) is 67.5 Å². The van der Waals surface area contributed by atoms with Crippen LogP contribution in [-0.2, 0) is 11.2 Å². The van der Waals surface area contributed by atoms with Crippen molar-refractivity contribution in [3.63, 3.8) is 0 Å². The Morgan fingerprint density at radius 1 is 1.07 bits per heavy atom. The largest absolute Gasteiger partial charge is 0.507 e. The van der Waals surface area contributed by atoms with Crippen molar-refractivity contribution < 1.29 is 24.9 Å². The summed E-state index contributed by atoms with van der Waals surface area (Å²) in [6.07, 6.45) is 1.29. The third-order valence-electron chi connectivity index (χ3n) is 6.12. The van der Waals surface area contributed by atoms with Crippen LogP contribution >= 0.6 is 0 Å². The lowest BCUT2D eigenvalue weighted by atomic mass is 9.82. The lowest BCUT2D eigenvalue weighted by molar-refractivity contribution is -0.122. The summed E-state index contributed by atoms with van der Waals surface area (Å²) in [5.41, 5.74) is 3.72. The van der Waals surface area contributed by atoms with Crippen LogP contribution in [0.2, 0.25) is 0 Å². The summed E-state index contributed by atoms with van der Waals surface area (Å²) < 4.78 is 5.50. The van der Waals surface area contributed by atoms with Gasteiger partial charge in [-0.15, -0.1) is 0 Å². The second-order valence-electron chi connectivity index (χ2n) is 7.99. The van der Waals surface area contributed by atoms with Crippen LogP contribution in [0.5, 0.6) is 23.0 Å². The lowest BCUT2D eigenvalue weighted by Gasteiger charge is -2.39. The van der Waals surface area contributed by atoms with Crippen molar-refractivity contribution in [2.75, 3.05) is 7.11 Å². The Bertz CT molecular complexity index is 1170. The van der Waals surface area contributed by atoms with Crippen molar-refractivity contribution in [1.82, 2.24) is 4.90 Å². The van der Waals surface area contributed by atoms with Gasteiger partial charge in [0.25, 0.3) is 0 Å². The van der Waals surface area contributed by atoms with Gasteiger partial charge < -0.3 is 25.0 Å². The fourth-order valence-corrected chi connectivity index (χ4v) is 4.77. The molecular formula is C24H25NO5. The summed E-state index contributed by atoms with van der Waals surface area (Å²) in [6, 6.07) is 8.05. The molecule has 1 aliphatic heterocycles. The average Bonchev–Trinajstić information content (AvgIpc) is 2.68. The number of aromatic hydroxyl groups is 3. The molecule has 6 heteroatoms. The maximum absolute atomic E-state index is 11.6. The van der Waals surface area contributed by atoms with E-state index >= 15 is 0 Å². The van der Waals surface area contributed by atoms with Crippen LogP contribution in [-0.4, -0.2) is 39.8 Å². The van der Waals surface area contributed by atoms with E-state index in [4.69, 9.17) is 4.74 Å². The first-order valence-corrected chi connectivity index (χ1v) is 9.89. The standard InChI is InChI=1S/C24H25NO5/c1-12-7-16-15(5-6-18(27)24(16)21(8-12)30-4)23-17-9-13(2)25(11-26)14(3)22(17)19(28)10-20(23)29/h5-8,10-11,13-14,27-29H,9H2,1-4H3. The smallest absolute Gasteiger partial charge is 0.210 e. The van der Waals surface area contributed by atoms with Crippen LogP contribution < -0.4 is 4.74 Å². The number of aryl methyl sites for hydroxylation is 1. The van der Waals surface area contributed by atoms with Crippen LogP contribution in [0, 0.1) is 6.92 Å². The molecule has 2 unspecified atom stereocenters. The van der Waals surface area contributed by atoms with Crippen LogP contribution in [0.25, 0.3) is 21.9 Å². The van der Waals surface area contributed by atoms with Crippen molar-refractivity contribution >= 4 is 17.2 Å². The Balaban J connectivity index is 2.10. The van der Waals surface area contributed by atoms with Gasteiger partial charge in [-0.2, -0.15) is 0 Å². The van der Waals surface area contributed by atoms with Gasteiger partial charge >= 0.3 is 0 Å². The number of rotatable bonds is 3. The van der Waals surface area contributed by atoms with Crippen LogP contribution in [0.4, 0.5) is 0 Å². The van der Waals surface area contributed by atoms with E-state index in [0.29, 0.717) is 28.7 Å². The van der Waals surface area contributed by atoms with E-state index in [1.54, 1.807) is 24.1 Å². The Hall–Kier alpha value is -3.41. The molecule has 0 aliphatic carbocycles. The molecule has 2 atom stereocenters. The molecule has 0 radical (unpaired) electrons. The van der Waals surface area contributed by atoms with E-state index in [9.17, 15) is 20.1 Å². The maximum atomic E-state index is 11.6. The van der Waals surface area contributed by atoms with Crippen LogP contribution in [0.15, 0.2) is 30.3 Å². The molecule has 0 fully saturated rings. The monoisotopic (exact) mass is 407 g/mol. The van der Waals surface area contributed by atoms with Gasteiger partial charge in [0.15, 0.2) is 0 Å². The number of phenols is 3.